The number of rotatable bonds is 8. The van der Waals surface area contributed by atoms with Crippen LogP contribution in [0.4, 0.5) is 13.2 Å². The molecule has 0 unspecified atom stereocenters. The van der Waals surface area contributed by atoms with Crippen LogP contribution >= 0.6 is 23.2 Å². The fourth-order valence-electron chi connectivity index (χ4n) is 4.94. The van der Waals surface area contributed by atoms with E-state index in [1.54, 1.807) is 48.5 Å². The summed E-state index contributed by atoms with van der Waals surface area (Å²) in [6.45, 7) is 0. The van der Waals surface area contributed by atoms with Gasteiger partial charge in [-0.15, -0.1) is 0 Å². The number of alkyl halides is 3. The zero-order valence-electron chi connectivity index (χ0n) is 23.8. The van der Waals surface area contributed by atoms with Crippen molar-refractivity contribution in [3.05, 3.63) is 154 Å². The number of hydrogen-bond donors (Lipinski definition) is 1. The van der Waals surface area contributed by atoms with Crippen molar-refractivity contribution < 1.29 is 27.8 Å². The molecule has 5 nitrogen and oxygen atoms in total. The van der Waals surface area contributed by atoms with Crippen molar-refractivity contribution in [3.63, 3.8) is 0 Å². The summed E-state index contributed by atoms with van der Waals surface area (Å²) in [6.07, 6.45) is -2.09. The summed E-state index contributed by atoms with van der Waals surface area (Å²) in [5.41, 5.74) is 4.29. The first kappa shape index (κ1) is 31.0. The highest BCUT2D eigenvalue weighted by Gasteiger charge is 2.30. The molecule has 10 heteroatoms. The minimum absolute atomic E-state index is 0.177. The van der Waals surface area contributed by atoms with Crippen molar-refractivity contribution in [2.24, 2.45) is 0 Å². The molecule has 0 aliphatic heterocycles. The van der Waals surface area contributed by atoms with Crippen LogP contribution < -0.4 is 4.74 Å². The van der Waals surface area contributed by atoms with Crippen molar-refractivity contribution in [2.75, 3.05) is 0 Å². The van der Waals surface area contributed by atoms with Gasteiger partial charge in [0, 0.05) is 28.9 Å². The molecule has 46 heavy (non-hydrogen) atoms. The summed E-state index contributed by atoms with van der Waals surface area (Å²) in [5, 5.41) is 10.3. The van der Waals surface area contributed by atoms with Crippen LogP contribution in [0.1, 0.15) is 27.3 Å². The van der Waals surface area contributed by atoms with E-state index in [0.29, 0.717) is 45.0 Å². The number of carbonyl (C=O) groups is 1. The van der Waals surface area contributed by atoms with Crippen molar-refractivity contribution in [2.45, 2.75) is 12.6 Å². The zero-order valence-corrected chi connectivity index (χ0v) is 25.3. The van der Waals surface area contributed by atoms with Crippen LogP contribution in [0.3, 0.4) is 0 Å². The summed E-state index contributed by atoms with van der Waals surface area (Å²) >= 11 is 12.6. The van der Waals surface area contributed by atoms with Crippen LogP contribution in [-0.2, 0) is 12.6 Å². The van der Waals surface area contributed by atoms with E-state index >= 15 is 0 Å². The molecular formula is C36H23Cl2F3N2O3. The number of aromatic carboxylic acids is 1. The predicted molar refractivity (Wildman–Crippen MR) is 172 cm³/mol. The third kappa shape index (κ3) is 6.93. The molecule has 1 heterocycles. The largest absolute Gasteiger partial charge is 0.478 e. The second-order valence-electron chi connectivity index (χ2n) is 10.4. The van der Waals surface area contributed by atoms with Crippen molar-refractivity contribution in [3.8, 4) is 39.6 Å². The van der Waals surface area contributed by atoms with Crippen molar-refractivity contribution >= 4 is 29.2 Å². The van der Waals surface area contributed by atoms with Gasteiger partial charge in [-0.25, -0.2) is 9.78 Å². The second-order valence-corrected chi connectivity index (χ2v) is 11.3. The van der Waals surface area contributed by atoms with E-state index in [-0.39, 0.29) is 5.56 Å². The van der Waals surface area contributed by atoms with Gasteiger partial charge in [0.15, 0.2) is 0 Å². The van der Waals surface area contributed by atoms with Gasteiger partial charge >= 0.3 is 12.1 Å². The maximum Gasteiger partial charge on any atom is 0.416 e. The summed E-state index contributed by atoms with van der Waals surface area (Å²) < 4.78 is 46.4. The van der Waals surface area contributed by atoms with E-state index in [4.69, 9.17) is 32.9 Å². The number of carboxylic acids is 1. The van der Waals surface area contributed by atoms with Crippen LogP contribution in [0.5, 0.6) is 11.5 Å². The van der Waals surface area contributed by atoms with Crippen LogP contribution in [0, 0.1) is 0 Å². The topological polar surface area (TPSA) is 64.3 Å². The third-order valence-electron chi connectivity index (χ3n) is 7.28. The number of benzene rings is 5. The smallest absolute Gasteiger partial charge is 0.416 e. The van der Waals surface area contributed by atoms with E-state index in [2.05, 4.69) is 0 Å². The first-order valence-corrected chi connectivity index (χ1v) is 14.7. The predicted octanol–water partition coefficient (Wildman–Crippen LogP) is 10.6. The lowest BCUT2D eigenvalue weighted by Gasteiger charge is -2.11. The number of halogens is 5. The van der Waals surface area contributed by atoms with Gasteiger partial charge in [-0.05, 0) is 95.6 Å². The fraction of sp³-hybridized carbons (Fsp3) is 0.0556. The van der Waals surface area contributed by atoms with Crippen LogP contribution in [0.25, 0.3) is 28.1 Å². The summed E-state index contributed by atoms with van der Waals surface area (Å²) in [4.78, 5) is 16.3. The molecule has 0 radical (unpaired) electrons. The molecule has 1 aromatic heterocycles. The first-order valence-electron chi connectivity index (χ1n) is 14.0. The van der Waals surface area contributed by atoms with Gasteiger partial charge < -0.3 is 14.4 Å². The van der Waals surface area contributed by atoms with Gasteiger partial charge in [0.25, 0.3) is 0 Å². The fourth-order valence-corrected chi connectivity index (χ4v) is 5.45. The summed E-state index contributed by atoms with van der Waals surface area (Å²) in [6, 6.07) is 31.5. The standard InChI is InChI=1S/C36H23Cl2F3N2O3/c37-27-12-17-31(32(38)20-27)33-21-43(28-13-8-24(9-14-28)35(44)45)34(42-33)18-22-4-6-23(7-5-22)25-2-1-3-30(19-25)46-29-15-10-26(11-16-29)36(39,40)41/h1-17,19-21H,18H2,(H,44,45). The molecule has 5 aromatic carbocycles. The van der Waals surface area contributed by atoms with Crippen LogP contribution in [0.15, 0.2) is 121 Å². The molecule has 0 fully saturated rings. The highest BCUT2D eigenvalue weighted by molar-refractivity contribution is 6.36. The second kappa shape index (κ2) is 12.7. The molecule has 0 amide bonds. The Bertz CT molecular complexity index is 2020. The SMILES string of the molecule is O=C(O)c1ccc(-n2cc(-c3ccc(Cl)cc3Cl)nc2Cc2ccc(-c3cccc(Oc4ccc(C(F)(F)F)cc4)c3)cc2)cc1. The number of imidazole rings is 1. The van der Waals surface area contributed by atoms with Gasteiger partial charge in [0.2, 0.25) is 0 Å². The Labute approximate surface area is 272 Å². The highest BCUT2D eigenvalue weighted by atomic mass is 35.5. The molecule has 6 rings (SSSR count). The molecule has 230 valence electrons. The molecule has 6 aromatic rings. The van der Waals surface area contributed by atoms with Gasteiger partial charge in [0.05, 0.1) is 21.8 Å². The van der Waals surface area contributed by atoms with Gasteiger partial charge in [-0.2, -0.15) is 13.2 Å². The average molecular weight is 659 g/mol. The number of nitrogens with zero attached hydrogens (tertiary/aromatic N) is 2. The molecule has 0 spiro atoms. The van der Waals surface area contributed by atoms with E-state index in [0.717, 1.165) is 34.5 Å². The quantitative estimate of drug-likeness (QED) is 0.177. The first-order chi connectivity index (χ1) is 22.0. The van der Waals surface area contributed by atoms with Crippen LogP contribution in [0.2, 0.25) is 10.0 Å². The highest BCUT2D eigenvalue weighted by Crippen LogP contribution is 2.34. The monoisotopic (exact) mass is 658 g/mol. The zero-order chi connectivity index (χ0) is 32.4. The number of hydrogen-bond acceptors (Lipinski definition) is 3. The Morgan fingerprint density at radius 1 is 0.804 bits per heavy atom. The number of carboxylic acid groups (broad SMARTS) is 1. The Kier molecular flexibility index (Phi) is 8.58. The van der Waals surface area contributed by atoms with E-state index < -0.39 is 17.7 Å². The van der Waals surface area contributed by atoms with E-state index in [1.807, 2.05) is 53.2 Å². The Morgan fingerprint density at radius 3 is 2.17 bits per heavy atom. The number of aromatic nitrogens is 2. The van der Waals surface area contributed by atoms with Gasteiger partial charge in [-0.1, -0.05) is 59.6 Å². The van der Waals surface area contributed by atoms with Crippen LogP contribution in [-0.4, -0.2) is 20.6 Å². The molecule has 1 N–H and O–H groups in total. The van der Waals surface area contributed by atoms with E-state index in [9.17, 15) is 23.1 Å². The minimum atomic E-state index is -4.41. The summed E-state index contributed by atoms with van der Waals surface area (Å²) in [5.74, 6) is 0.491. The molecular weight excluding hydrogens is 636 g/mol. The number of ether oxygens (including phenoxy) is 1. The Balaban J connectivity index is 1.25. The maximum absolute atomic E-state index is 12.9. The molecule has 0 saturated heterocycles. The molecule has 0 aliphatic carbocycles. The van der Waals surface area contributed by atoms with Gasteiger partial charge in [-0.3, -0.25) is 0 Å². The van der Waals surface area contributed by atoms with Crippen molar-refractivity contribution in [1.29, 1.82) is 0 Å². The van der Waals surface area contributed by atoms with Crippen molar-refractivity contribution in [1.82, 2.24) is 9.55 Å². The molecule has 0 saturated carbocycles. The lowest BCUT2D eigenvalue weighted by molar-refractivity contribution is -0.137. The minimum Gasteiger partial charge on any atom is -0.478 e. The Morgan fingerprint density at radius 2 is 1.52 bits per heavy atom. The maximum atomic E-state index is 12.9. The molecule has 0 atom stereocenters. The lowest BCUT2D eigenvalue weighted by Crippen LogP contribution is -2.03. The Hall–Kier alpha value is -5.05. The third-order valence-corrected chi connectivity index (χ3v) is 7.83. The lowest BCUT2D eigenvalue weighted by atomic mass is 10.0. The molecule has 0 bridgehead atoms. The van der Waals surface area contributed by atoms with E-state index in [1.165, 1.54) is 12.1 Å². The van der Waals surface area contributed by atoms with Gasteiger partial charge in [0.1, 0.15) is 17.3 Å². The molecule has 0 aliphatic rings. The average Bonchev–Trinajstić information content (AvgIpc) is 3.44. The summed E-state index contributed by atoms with van der Waals surface area (Å²) in [7, 11) is 0. The normalized spacial score (nSPS) is 11.4.